The molecule has 1 aliphatic rings. The quantitative estimate of drug-likeness (QED) is 0.792. The van der Waals surface area contributed by atoms with E-state index in [1.165, 1.54) is 16.7 Å². The van der Waals surface area contributed by atoms with Crippen LogP contribution in [0.4, 0.5) is 0 Å². The molecule has 0 aromatic heterocycles. The van der Waals surface area contributed by atoms with Gasteiger partial charge >= 0.3 is 5.97 Å². The second kappa shape index (κ2) is 6.60. The molecule has 1 saturated heterocycles. The molecule has 0 radical (unpaired) electrons. The third kappa shape index (κ3) is 5.02. The van der Waals surface area contributed by atoms with E-state index in [-0.39, 0.29) is 24.7 Å². The van der Waals surface area contributed by atoms with Crippen LogP contribution in [-0.2, 0) is 19.4 Å². The highest BCUT2D eigenvalue weighted by molar-refractivity contribution is 8.00. The molecule has 1 aliphatic heterocycles. The number of amides is 1. The van der Waals surface area contributed by atoms with Gasteiger partial charge in [-0.3, -0.25) is 9.59 Å². The normalized spacial score (nSPS) is 22.0. The largest absolute Gasteiger partial charge is 0.481 e. The Kier molecular flexibility index (Phi) is 5.66. The zero-order valence-corrected chi connectivity index (χ0v) is 12.7. The fraction of sp³-hybridized carbons (Fsp3) is 0.818. The number of nitrogens with zero attached hydrogens (tertiary/aromatic N) is 1. The lowest BCUT2D eigenvalue weighted by Gasteiger charge is -2.34. The summed E-state index contributed by atoms with van der Waals surface area (Å²) in [5, 5.41) is 7.88. The molecule has 0 aromatic rings. The van der Waals surface area contributed by atoms with Gasteiger partial charge in [0, 0.05) is 37.1 Å². The molecule has 110 valence electrons. The number of aliphatic carboxylic acids is 1. The minimum atomic E-state index is -3.31. The Hall–Kier alpha value is -0.760. The van der Waals surface area contributed by atoms with Crippen LogP contribution in [0.25, 0.3) is 0 Å². The smallest absolute Gasteiger partial charge is 0.303 e. The summed E-state index contributed by atoms with van der Waals surface area (Å²) in [4.78, 5) is 24.1. The van der Waals surface area contributed by atoms with E-state index in [2.05, 4.69) is 0 Å². The molecule has 1 N–H and O–H groups in total. The number of carboxylic acid groups (broad SMARTS) is 1. The average Bonchev–Trinajstić information content (AvgIpc) is 2.26. The number of carbonyl (C=O) groups excluding carboxylic acids is 1. The van der Waals surface area contributed by atoms with Gasteiger partial charge in [0.05, 0.1) is 0 Å². The maximum absolute atomic E-state index is 12.1. The van der Waals surface area contributed by atoms with Crippen LogP contribution in [-0.4, -0.2) is 60.0 Å². The predicted molar refractivity (Wildman–Crippen MR) is 73.7 cm³/mol. The molecule has 2 unspecified atom stereocenters. The molecule has 19 heavy (non-hydrogen) atoms. The van der Waals surface area contributed by atoms with Gasteiger partial charge in [-0.2, -0.15) is 11.8 Å². The molecule has 0 spiro atoms. The van der Waals surface area contributed by atoms with Crippen molar-refractivity contribution < 1.29 is 23.1 Å². The maximum Gasteiger partial charge on any atom is 0.303 e. The second-order valence-electron chi connectivity index (χ2n) is 4.85. The van der Waals surface area contributed by atoms with Crippen molar-refractivity contribution in [2.24, 2.45) is 5.92 Å². The lowest BCUT2D eigenvalue weighted by atomic mass is 10.0. The zero-order chi connectivity index (χ0) is 14.6. The molecule has 0 bridgehead atoms. The molecule has 6 nitrogen and oxygen atoms in total. The van der Waals surface area contributed by atoms with E-state index in [0.29, 0.717) is 18.1 Å². The van der Waals surface area contributed by atoms with Crippen LogP contribution in [0.3, 0.4) is 0 Å². The summed E-state index contributed by atoms with van der Waals surface area (Å²) in [5.74, 6) is -0.415. The van der Waals surface area contributed by atoms with E-state index in [1.807, 2.05) is 0 Å². The summed E-state index contributed by atoms with van der Waals surface area (Å²) in [6.07, 6.45) is 1.12. The zero-order valence-electron chi connectivity index (χ0n) is 11.0. The van der Waals surface area contributed by atoms with Crippen molar-refractivity contribution in [2.75, 3.05) is 24.3 Å². The van der Waals surface area contributed by atoms with Gasteiger partial charge in [-0.15, -0.1) is 0 Å². The monoisotopic (exact) mass is 309 g/mol. The number of sulfone groups is 1. The number of carboxylic acids is 1. The number of hydrogen-bond acceptors (Lipinski definition) is 5. The maximum atomic E-state index is 12.1. The summed E-state index contributed by atoms with van der Waals surface area (Å²) in [6.45, 7) is 2.08. The Morgan fingerprint density at radius 2 is 2.05 bits per heavy atom. The molecular weight excluding hydrogens is 290 g/mol. The lowest BCUT2D eigenvalue weighted by Crippen LogP contribution is -2.50. The van der Waals surface area contributed by atoms with Gasteiger partial charge < -0.3 is 10.0 Å². The molecule has 0 aliphatic carbocycles. The summed E-state index contributed by atoms with van der Waals surface area (Å²) in [6, 6.07) is 0. The van der Waals surface area contributed by atoms with E-state index in [1.54, 1.807) is 6.92 Å². The average molecular weight is 309 g/mol. The first-order chi connectivity index (χ1) is 8.71. The van der Waals surface area contributed by atoms with Crippen LogP contribution >= 0.6 is 11.8 Å². The first-order valence-corrected chi connectivity index (χ1v) is 9.10. The van der Waals surface area contributed by atoms with Crippen LogP contribution in [0, 0.1) is 5.92 Å². The topological polar surface area (TPSA) is 91.8 Å². The van der Waals surface area contributed by atoms with Gasteiger partial charge in [0.25, 0.3) is 0 Å². The van der Waals surface area contributed by atoms with E-state index >= 15 is 0 Å². The molecule has 1 rings (SSSR count). The summed E-state index contributed by atoms with van der Waals surface area (Å²) >= 11 is 1.51. The fourth-order valence-corrected chi connectivity index (χ4v) is 4.84. The van der Waals surface area contributed by atoms with Gasteiger partial charge in [-0.1, -0.05) is 6.92 Å². The Bertz CT molecular complexity index is 448. The first kappa shape index (κ1) is 16.3. The van der Waals surface area contributed by atoms with E-state index in [9.17, 15) is 18.0 Å². The van der Waals surface area contributed by atoms with Crippen LogP contribution in [0.15, 0.2) is 0 Å². The Balaban J connectivity index is 2.70. The summed E-state index contributed by atoms with van der Waals surface area (Å²) in [5.41, 5.74) is 0. The Morgan fingerprint density at radius 3 is 2.58 bits per heavy atom. The van der Waals surface area contributed by atoms with Gasteiger partial charge in [-0.25, -0.2) is 8.42 Å². The van der Waals surface area contributed by atoms with Gasteiger partial charge in [0.2, 0.25) is 5.91 Å². The Morgan fingerprint density at radius 1 is 1.42 bits per heavy atom. The molecule has 0 aromatic carbocycles. The van der Waals surface area contributed by atoms with Crippen molar-refractivity contribution >= 4 is 33.5 Å². The molecule has 0 saturated carbocycles. The highest BCUT2D eigenvalue weighted by Crippen LogP contribution is 2.22. The Labute approximate surface area is 117 Å². The predicted octanol–water partition coefficient (Wildman–Crippen LogP) is 0.433. The minimum Gasteiger partial charge on any atom is -0.481 e. The van der Waals surface area contributed by atoms with E-state index in [4.69, 9.17) is 5.11 Å². The van der Waals surface area contributed by atoms with Crippen molar-refractivity contribution in [3.05, 3.63) is 0 Å². The minimum absolute atomic E-state index is 0.0724. The first-order valence-electron chi connectivity index (χ1n) is 5.99. The molecule has 2 atom stereocenters. The molecule has 1 amide bonds. The third-order valence-corrected chi connectivity index (χ3v) is 5.59. The van der Waals surface area contributed by atoms with Crippen molar-refractivity contribution in [3.63, 3.8) is 0 Å². The summed E-state index contributed by atoms with van der Waals surface area (Å²) < 4.78 is 23.3. The van der Waals surface area contributed by atoms with Crippen molar-refractivity contribution in [1.82, 2.24) is 4.90 Å². The number of thioether (sulfide) groups is 1. The number of rotatable bonds is 5. The standard InChI is InChI=1S/C11H19NO5S2/c1-8(6-11(14)15)5-9(13)12-3-4-18-7-10(12)19(2,16)17/h8,10H,3-7H2,1-2H3,(H,14,15). The van der Waals surface area contributed by atoms with Crippen LogP contribution in [0.1, 0.15) is 19.8 Å². The highest BCUT2D eigenvalue weighted by atomic mass is 32.2. The lowest BCUT2D eigenvalue weighted by molar-refractivity contribution is -0.138. The van der Waals surface area contributed by atoms with Crippen LogP contribution < -0.4 is 0 Å². The summed E-state index contributed by atoms with van der Waals surface area (Å²) in [7, 11) is -3.31. The van der Waals surface area contributed by atoms with E-state index in [0.717, 1.165) is 6.26 Å². The van der Waals surface area contributed by atoms with Gasteiger partial charge in [-0.05, 0) is 5.92 Å². The van der Waals surface area contributed by atoms with Crippen molar-refractivity contribution in [1.29, 1.82) is 0 Å². The van der Waals surface area contributed by atoms with Crippen molar-refractivity contribution in [2.45, 2.75) is 25.1 Å². The fourth-order valence-electron chi connectivity index (χ4n) is 2.01. The van der Waals surface area contributed by atoms with Gasteiger partial charge in [0.15, 0.2) is 9.84 Å². The highest BCUT2D eigenvalue weighted by Gasteiger charge is 2.34. The second-order valence-corrected chi connectivity index (χ2v) is 8.21. The van der Waals surface area contributed by atoms with Crippen LogP contribution in [0.5, 0.6) is 0 Å². The number of hydrogen-bond donors (Lipinski definition) is 1. The number of carbonyl (C=O) groups is 2. The van der Waals surface area contributed by atoms with Gasteiger partial charge in [0.1, 0.15) is 5.37 Å². The molecule has 8 heteroatoms. The molecule has 1 heterocycles. The van der Waals surface area contributed by atoms with E-state index < -0.39 is 21.2 Å². The van der Waals surface area contributed by atoms with Crippen LogP contribution in [0.2, 0.25) is 0 Å². The SMILES string of the molecule is CC(CC(=O)O)CC(=O)N1CCSCC1S(C)(=O)=O. The molecule has 1 fully saturated rings. The third-order valence-electron chi connectivity index (χ3n) is 2.95. The molecular formula is C11H19NO5S2. The van der Waals surface area contributed by atoms with Crippen molar-refractivity contribution in [3.8, 4) is 0 Å².